The normalized spacial score (nSPS) is 16.8. The Morgan fingerprint density at radius 3 is 2.25 bits per heavy atom. The van der Waals surface area contributed by atoms with E-state index in [4.69, 9.17) is 0 Å². The number of carbonyl (C=O) groups excluding carboxylic acids is 1. The highest BCUT2D eigenvalue weighted by atomic mass is 32.2. The van der Waals surface area contributed by atoms with Crippen molar-refractivity contribution in [3.8, 4) is 23.0 Å². The van der Waals surface area contributed by atoms with E-state index < -0.39 is 5.97 Å². The Hall–Kier alpha value is -1.84. The maximum absolute atomic E-state index is 10.9. The number of aryl methyl sites for hydroxylation is 1. The Morgan fingerprint density at radius 2 is 1.67 bits per heavy atom. The third-order valence-corrected chi connectivity index (χ3v) is 5.64. The highest BCUT2D eigenvalue weighted by molar-refractivity contribution is 8.04. The number of rotatable bonds is 1. The zero-order valence-corrected chi connectivity index (χ0v) is 16.1. The SMILES string of the molecule is COC(=O)C#CC#CSc1cc2c(cc1C)C(C)(C)CCC2(C)C. The molecule has 0 fully saturated rings. The predicted molar refractivity (Wildman–Crippen MR) is 99.9 cm³/mol. The molecule has 0 amide bonds. The number of esters is 1. The van der Waals surface area contributed by atoms with Crippen molar-refractivity contribution >= 4 is 17.7 Å². The molecule has 126 valence electrons. The molecule has 0 heterocycles. The number of thioether (sulfide) groups is 1. The number of methoxy groups -OCH3 is 1. The fourth-order valence-corrected chi connectivity index (χ4v) is 3.66. The number of hydrogen-bond acceptors (Lipinski definition) is 3. The second-order valence-electron chi connectivity index (χ2n) is 7.50. The number of benzene rings is 1. The molecule has 1 aliphatic rings. The van der Waals surface area contributed by atoms with E-state index in [1.165, 1.54) is 48.4 Å². The molecule has 3 heteroatoms. The Kier molecular flexibility index (Phi) is 5.36. The lowest BCUT2D eigenvalue weighted by molar-refractivity contribution is -0.133. The van der Waals surface area contributed by atoms with Crippen molar-refractivity contribution in [3.63, 3.8) is 0 Å². The largest absolute Gasteiger partial charge is 0.459 e. The zero-order chi connectivity index (χ0) is 18.0. The van der Waals surface area contributed by atoms with Crippen molar-refractivity contribution in [2.24, 2.45) is 0 Å². The molecule has 24 heavy (non-hydrogen) atoms. The Morgan fingerprint density at radius 1 is 1.08 bits per heavy atom. The minimum Gasteiger partial charge on any atom is -0.459 e. The van der Waals surface area contributed by atoms with Gasteiger partial charge < -0.3 is 4.74 Å². The molecule has 0 aliphatic heterocycles. The fraction of sp³-hybridized carbons (Fsp3) is 0.476. The van der Waals surface area contributed by atoms with Gasteiger partial charge in [-0.15, -0.1) is 0 Å². The van der Waals surface area contributed by atoms with Crippen molar-refractivity contribution in [3.05, 3.63) is 28.8 Å². The van der Waals surface area contributed by atoms with Gasteiger partial charge in [-0.05, 0) is 82.2 Å². The van der Waals surface area contributed by atoms with E-state index >= 15 is 0 Å². The monoisotopic (exact) mass is 340 g/mol. The first-order valence-corrected chi connectivity index (χ1v) is 8.90. The summed E-state index contributed by atoms with van der Waals surface area (Å²) < 4.78 is 4.45. The Bertz CT molecular complexity index is 780. The highest BCUT2D eigenvalue weighted by Gasteiger charge is 2.37. The minimum absolute atomic E-state index is 0.186. The summed E-state index contributed by atoms with van der Waals surface area (Å²) in [6.07, 6.45) is 2.40. The van der Waals surface area contributed by atoms with E-state index in [2.05, 4.69) is 74.5 Å². The van der Waals surface area contributed by atoms with Gasteiger partial charge in [-0.2, -0.15) is 0 Å². The molecule has 0 N–H and O–H groups in total. The van der Waals surface area contributed by atoms with Crippen molar-refractivity contribution < 1.29 is 9.53 Å². The van der Waals surface area contributed by atoms with Gasteiger partial charge in [-0.3, -0.25) is 0 Å². The summed E-state index contributed by atoms with van der Waals surface area (Å²) in [6.45, 7) is 11.4. The van der Waals surface area contributed by atoms with Crippen molar-refractivity contribution in [1.82, 2.24) is 0 Å². The Labute approximate surface area is 149 Å². The van der Waals surface area contributed by atoms with Crippen LogP contribution in [0.4, 0.5) is 0 Å². The molecule has 2 nitrogen and oxygen atoms in total. The lowest BCUT2D eigenvalue weighted by Crippen LogP contribution is -2.34. The molecule has 0 saturated heterocycles. The molecule has 1 aromatic rings. The molecule has 0 unspecified atom stereocenters. The van der Waals surface area contributed by atoms with Crippen LogP contribution in [-0.2, 0) is 20.4 Å². The maximum atomic E-state index is 10.9. The van der Waals surface area contributed by atoms with Crippen LogP contribution in [-0.4, -0.2) is 13.1 Å². The van der Waals surface area contributed by atoms with Crippen LogP contribution in [0.25, 0.3) is 0 Å². The van der Waals surface area contributed by atoms with Crippen molar-refractivity contribution in [2.45, 2.75) is 63.2 Å². The number of fused-ring (bicyclic) bond motifs is 1. The van der Waals surface area contributed by atoms with Crippen LogP contribution >= 0.6 is 11.8 Å². The lowest BCUT2D eigenvalue weighted by Gasteiger charge is -2.42. The van der Waals surface area contributed by atoms with Gasteiger partial charge in [0, 0.05) is 10.8 Å². The standard InChI is InChI=1S/C21H24O2S/c1-15-13-16-17(21(4,5)11-10-20(16,2)3)14-18(15)24-12-8-7-9-19(22)23-6/h13-14H,10-11H2,1-6H3. The van der Waals surface area contributed by atoms with E-state index in [0.717, 1.165) is 4.90 Å². The first-order chi connectivity index (χ1) is 11.2. The smallest absolute Gasteiger partial charge is 0.385 e. The summed E-state index contributed by atoms with van der Waals surface area (Å²) in [5, 5.41) is 2.96. The topological polar surface area (TPSA) is 26.3 Å². The molecule has 0 atom stereocenters. The van der Waals surface area contributed by atoms with E-state index in [1.807, 2.05) is 0 Å². The second-order valence-corrected chi connectivity index (χ2v) is 8.35. The van der Waals surface area contributed by atoms with Crippen molar-refractivity contribution in [1.29, 1.82) is 0 Å². The minimum atomic E-state index is -0.566. The van der Waals surface area contributed by atoms with Gasteiger partial charge in [0.1, 0.15) is 0 Å². The number of hydrogen-bond donors (Lipinski definition) is 0. The highest BCUT2D eigenvalue weighted by Crippen LogP contribution is 2.47. The zero-order valence-electron chi connectivity index (χ0n) is 15.3. The van der Waals surface area contributed by atoms with E-state index in [-0.39, 0.29) is 10.8 Å². The second kappa shape index (κ2) is 6.96. The summed E-state index contributed by atoms with van der Waals surface area (Å²) in [6, 6.07) is 4.61. The van der Waals surface area contributed by atoms with Gasteiger partial charge >= 0.3 is 5.97 Å². The quantitative estimate of drug-likeness (QED) is 0.324. The molecular formula is C21H24O2S. The average Bonchev–Trinajstić information content (AvgIpc) is 2.52. The summed E-state index contributed by atoms with van der Waals surface area (Å²) in [4.78, 5) is 12.1. The average molecular weight is 340 g/mol. The van der Waals surface area contributed by atoms with Crippen LogP contribution in [0.5, 0.6) is 0 Å². The van der Waals surface area contributed by atoms with E-state index in [0.29, 0.717) is 0 Å². The van der Waals surface area contributed by atoms with Gasteiger partial charge in [0.05, 0.1) is 7.11 Å². The van der Waals surface area contributed by atoms with E-state index in [9.17, 15) is 4.79 Å². The first kappa shape index (κ1) is 18.5. The van der Waals surface area contributed by atoms with Crippen LogP contribution < -0.4 is 0 Å². The molecule has 0 aromatic heterocycles. The van der Waals surface area contributed by atoms with Crippen LogP contribution in [0, 0.1) is 29.9 Å². The predicted octanol–water partition coefficient (Wildman–Crippen LogP) is 4.57. The third kappa shape index (κ3) is 3.97. The summed E-state index contributed by atoms with van der Waals surface area (Å²) in [5.41, 5.74) is 4.52. The van der Waals surface area contributed by atoms with Gasteiger partial charge in [0.15, 0.2) is 0 Å². The van der Waals surface area contributed by atoms with E-state index in [1.54, 1.807) is 0 Å². The van der Waals surface area contributed by atoms with Gasteiger partial charge in [-0.1, -0.05) is 33.8 Å². The molecule has 0 spiro atoms. The fourth-order valence-electron chi connectivity index (χ4n) is 3.05. The maximum Gasteiger partial charge on any atom is 0.385 e. The molecular weight excluding hydrogens is 316 g/mol. The number of carbonyl (C=O) groups is 1. The lowest BCUT2D eigenvalue weighted by atomic mass is 9.63. The number of ether oxygens (including phenoxy) is 1. The molecule has 1 aliphatic carbocycles. The van der Waals surface area contributed by atoms with Crippen LogP contribution in [0.2, 0.25) is 0 Å². The molecule has 0 saturated carbocycles. The molecule has 1 aromatic carbocycles. The van der Waals surface area contributed by atoms with Gasteiger partial charge in [0.25, 0.3) is 0 Å². The van der Waals surface area contributed by atoms with Crippen LogP contribution in [0.3, 0.4) is 0 Å². The molecule has 0 bridgehead atoms. The molecule has 0 radical (unpaired) electrons. The van der Waals surface area contributed by atoms with Crippen LogP contribution in [0.15, 0.2) is 17.0 Å². The summed E-state index contributed by atoms with van der Waals surface area (Å²) in [7, 11) is 1.30. The molecule has 2 rings (SSSR count). The summed E-state index contributed by atoms with van der Waals surface area (Å²) in [5.74, 6) is 6.95. The van der Waals surface area contributed by atoms with Gasteiger partial charge in [0.2, 0.25) is 0 Å². The van der Waals surface area contributed by atoms with Crippen molar-refractivity contribution in [2.75, 3.05) is 7.11 Å². The third-order valence-electron chi connectivity index (χ3n) is 4.77. The first-order valence-electron chi connectivity index (χ1n) is 8.09. The van der Waals surface area contributed by atoms with Gasteiger partial charge in [-0.25, -0.2) is 4.79 Å². The summed E-state index contributed by atoms with van der Waals surface area (Å²) >= 11 is 1.46. The van der Waals surface area contributed by atoms with Crippen LogP contribution in [0.1, 0.15) is 57.2 Å². The Balaban J connectivity index is 2.32.